The predicted molar refractivity (Wildman–Crippen MR) is 105 cm³/mol. The first-order chi connectivity index (χ1) is 12.5. The number of nitrogens with zero attached hydrogens (tertiary/aromatic N) is 2. The second-order valence-electron chi connectivity index (χ2n) is 6.10. The summed E-state index contributed by atoms with van der Waals surface area (Å²) in [5, 5.41) is 4.38. The fourth-order valence-corrected chi connectivity index (χ4v) is 3.81. The number of carbonyl (C=O) groups is 1. The summed E-state index contributed by atoms with van der Waals surface area (Å²) in [7, 11) is 1.61. The van der Waals surface area contributed by atoms with Gasteiger partial charge in [-0.3, -0.25) is 15.1 Å². The van der Waals surface area contributed by atoms with E-state index in [2.05, 4.69) is 15.3 Å². The first kappa shape index (κ1) is 16.5. The molecule has 2 aromatic carbocycles. The van der Waals surface area contributed by atoms with Crippen LogP contribution in [0.5, 0.6) is 5.75 Å². The standard InChI is InChI=1S/C20H17N3O2S/c1-11-7-8-15-13(9-11)10-14(12(2)21-15)19(24)23-20-22-18-16(25-3)5-4-6-17(18)26-20/h4-10H,1-3H3,(H,22,23,24). The second-order valence-corrected chi connectivity index (χ2v) is 7.13. The quantitative estimate of drug-likeness (QED) is 0.572. The van der Waals surface area contributed by atoms with Gasteiger partial charge < -0.3 is 4.74 Å². The number of nitrogens with one attached hydrogen (secondary N) is 1. The maximum absolute atomic E-state index is 12.8. The molecule has 4 rings (SSSR count). The minimum atomic E-state index is -0.212. The lowest BCUT2D eigenvalue weighted by molar-refractivity contribution is 0.102. The number of aryl methyl sites for hydroxylation is 2. The highest BCUT2D eigenvalue weighted by Gasteiger charge is 2.15. The highest BCUT2D eigenvalue weighted by molar-refractivity contribution is 7.22. The zero-order valence-electron chi connectivity index (χ0n) is 14.7. The van der Waals surface area contributed by atoms with Gasteiger partial charge in [0.05, 0.1) is 28.6 Å². The fourth-order valence-electron chi connectivity index (χ4n) is 2.93. The molecule has 0 fully saturated rings. The number of para-hydroxylation sites is 1. The van der Waals surface area contributed by atoms with E-state index < -0.39 is 0 Å². The molecular formula is C20H17N3O2S. The molecule has 4 aromatic rings. The minimum Gasteiger partial charge on any atom is -0.494 e. The summed E-state index contributed by atoms with van der Waals surface area (Å²) in [6.07, 6.45) is 0. The summed E-state index contributed by atoms with van der Waals surface area (Å²) in [5.74, 6) is 0.481. The first-order valence-electron chi connectivity index (χ1n) is 8.18. The van der Waals surface area contributed by atoms with E-state index in [-0.39, 0.29) is 5.91 Å². The van der Waals surface area contributed by atoms with Crippen molar-refractivity contribution in [2.45, 2.75) is 13.8 Å². The first-order valence-corrected chi connectivity index (χ1v) is 9.00. The Morgan fingerprint density at radius 3 is 2.77 bits per heavy atom. The molecule has 0 unspecified atom stereocenters. The van der Waals surface area contributed by atoms with E-state index in [0.29, 0.717) is 22.1 Å². The molecule has 0 radical (unpaired) electrons. The van der Waals surface area contributed by atoms with Crippen LogP contribution in [0.25, 0.3) is 21.1 Å². The van der Waals surface area contributed by atoms with E-state index in [1.54, 1.807) is 7.11 Å². The minimum absolute atomic E-state index is 0.212. The molecule has 0 aliphatic carbocycles. The van der Waals surface area contributed by atoms with Crippen LogP contribution in [0.1, 0.15) is 21.6 Å². The van der Waals surface area contributed by atoms with Gasteiger partial charge in [-0.2, -0.15) is 0 Å². The Labute approximate surface area is 154 Å². The molecule has 130 valence electrons. The Morgan fingerprint density at radius 1 is 1.12 bits per heavy atom. The van der Waals surface area contributed by atoms with Crippen LogP contribution in [-0.2, 0) is 0 Å². The fraction of sp³-hybridized carbons (Fsp3) is 0.150. The molecular weight excluding hydrogens is 346 g/mol. The number of anilines is 1. The largest absolute Gasteiger partial charge is 0.494 e. The van der Waals surface area contributed by atoms with Crippen LogP contribution >= 0.6 is 11.3 Å². The molecule has 0 spiro atoms. The lowest BCUT2D eigenvalue weighted by Gasteiger charge is -2.07. The van der Waals surface area contributed by atoms with E-state index >= 15 is 0 Å². The maximum atomic E-state index is 12.8. The topological polar surface area (TPSA) is 64.1 Å². The summed E-state index contributed by atoms with van der Waals surface area (Å²) >= 11 is 1.42. The molecule has 2 aromatic heterocycles. The number of fused-ring (bicyclic) bond motifs is 2. The SMILES string of the molecule is COc1cccc2sc(NC(=O)c3cc4cc(C)ccc4nc3C)nc12. The highest BCUT2D eigenvalue weighted by atomic mass is 32.1. The van der Waals surface area contributed by atoms with Crippen molar-refractivity contribution in [2.75, 3.05) is 12.4 Å². The number of methoxy groups -OCH3 is 1. The van der Waals surface area contributed by atoms with E-state index in [1.165, 1.54) is 11.3 Å². The lowest BCUT2D eigenvalue weighted by Crippen LogP contribution is -2.14. The van der Waals surface area contributed by atoms with Gasteiger partial charge in [-0.1, -0.05) is 29.0 Å². The maximum Gasteiger partial charge on any atom is 0.259 e. The predicted octanol–water partition coefficient (Wildman–Crippen LogP) is 4.72. The van der Waals surface area contributed by atoms with Crippen molar-refractivity contribution >= 4 is 43.5 Å². The van der Waals surface area contributed by atoms with Crippen LogP contribution in [0, 0.1) is 13.8 Å². The number of ether oxygens (including phenoxy) is 1. The van der Waals surface area contributed by atoms with Crippen LogP contribution < -0.4 is 10.1 Å². The summed E-state index contributed by atoms with van der Waals surface area (Å²) in [5.41, 5.74) is 4.01. The summed E-state index contributed by atoms with van der Waals surface area (Å²) in [4.78, 5) is 21.8. The van der Waals surface area contributed by atoms with Crippen LogP contribution in [0.2, 0.25) is 0 Å². The zero-order valence-corrected chi connectivity index (χ0v) is 15.5. The average molecular weight is 363 g/mol. The van der Waals surface area contributed by atoms with Gasteiger partial charge in [-0.25, -0.2) is 4.98 Å². The monoisotopic (exact) mass is 363 g/mol. The number of rotatable bonds is 3. The molecule has 0 aliphatic heterocycles. The second kappa shape index (κ2) is 6.38. The third kappa shape index (κ3) is 2.88. The van der Waals surface area contributed by atoms with Crippen molar-refractivity contribution in [1.82, 2.24) is 9.97 Å². The van der Waals surface area contributed by atoms with Gasteiger partial charge in [0.25, 0.3) is 5.91 Å². The third-order valence-corrected chi connectivity index (χ3v) is 5.16. The van der Waals surface area contributed by atoms with E-state index in [0.717, 1.165) is 26.7 Å². The van der Waals surface area contributed by atoms with Crippen molar-refractivity contribution in [3.05, 3.63) is 59.3 Å². The molecule has 0 aliphatic rings. The smallest absolute Gasteiger partial charge is 0.259 e. The van der Waals surface area contributed by atoms with Crippen molar-refractivity contribution in [3.8, 4) is 5.75 Å². The number of benzene rings is 2. The van der Waals surface area contributed by atoms with Crippen LogP contribution in [-0.4, -0.2) is 23.0 Å². The number of thiazole rings is 1. The highest BCUT2D eigenvalue weighted by Crippen LogP contribution is 2.32. The Balaban J connectivity index is 1.70. The zero-order chi connectivity index (χ0) is 18.3. The third-order valence-electron chi connectivity index (χ3n) is 4.23. The molecule has 1 N–H and O–H groups in total. The Bertz CT molecular complexity index is 1150. The summed E-state index contributed by atoms with van der Waals surface area (Å²) < 4.78 is 6.29. The van der Waals surface area contributed by atoms with Crippen molar-refractivity contribution in [1.29, 1.82) is 0 Å². The number of amides is 1. The average Bonchev–Trinajstić information content (AvgIpc) is 3.03. The number of hydrogen-bond donors (Lipinski definition) is 1. The molecule has 5 nitrogen and oxygen atoms in total. The molecule has 2 heterocycles. The number of aromatic nitrogens is 2. The van der Waals surface area contributed by atoms with Crippen LogP contribution in [0.15, 0.2) is 42.5 Å². The molecule has 26 heavy (non-hydrogen) atoms. The molecule has 0 saturated carbocycles. The molecule has 0 bridgehead atoms. The Hall–Kier alpha value is -2.99. The summed E-state index contributed by atoms with van der Waals surface area (Å²) in [6, 6.07) is 13.6. The van der Waals surface area contributed by atoms with Gasteiger partial charge in [0, 0.05) is 5.39 Å². The van der Waals surface area contributed by atoms with E-state index in [1.807, 2.05) is 56.3 Å². The van der Waals surface area contributed by atoms with Crippen molar-refractivity contribution in [2.24, 2.45) is 0 Å². The number of carbonyl (C=O) groups excluding carboxylic acids is 1. The normalized spacial score (nSPS) is 11.0. The summed E-state index contributed by atoms with van der Waals surface area (Å²) in [6.45, 7) is 3.86. The van der Waals surface area contributed by atoms with Gasteiger partial charge in [0.15, 0.2) is 5.13 Å². The van der Waals surface area contributed by atoms with Crippen molar-refractivity contribution in [3.63, 3.8) is 0 Å². The van der Waals surface area contributed by atoms with Gasteiger partial charge >= 0.3 is 0 Å². The van der Waals surface area contributed by atoms with Crippen LogP contribution in [0.3, 0.4) is 0 Å². The number of pyridine rings is 1. The Morgan fingerprint density at radius 2 is 1.96 bits per heavy atom. The van der Waals surface area contributed by atoms with E-state index in [4.69, 9.17) is 4.74 Å². The molecule has 1 amide bonds. The molecule has 0 atom stereocenters. The lowest BCUT2D eigenvalue weighted by atomic mass is 10.1. The van der Waals surface area contributed by atoms with Gasteiger partial charge in [0.2, 0.25) is 0 Å². The van der Waals surface area contributed by atoms with Gasteiger partial charge in [-0.15, -0.1) is 0 Å². The van der Waals surface area contributed by atoms with Gasteiger partial charge in [-0.05, 0) is 44.2 Å². The molecule has 6 heteroatoms. The Kier molecular flexibility index (Phi) is 4.05. The van der Waals surface area contributed by atoms with Crippen LogP contribution in [0.4, 0.5) is 5.13 Å². The van der Waals surface area contributed by atoms with E-state index in [9.17, 15) is 4.79 Å². The van der Waals surface area contributed by atoms with Gasteiger partial charge in [0.1, 0.15) is 11.3 Å². The van der Waals surface area contributed by atoms with Crippen molar-refractivity contribution < 1.29 is 9.53 Å². The molecule has 0 saturated heterocycles. The number of hydrogen-bond acceptors (Lipinski definition) is 5.